The van der Waals surface area contributed by atoms with Crippen LogP contribution in [0, 0.1) is 0 Å². The maximum Gasteiger partial charge on any atom is 0.199 e. The number of hydrogen-bond donors (Lipinski definition) is 0. The number of rotatable bonds is 11. The van der Waals surface area contributed by atoms with Gasteiger partial charge < -0.3 is 14.4 Å². The van der Waals surface area contributed by atoms with Crippen LogP contribution < -0.4 is 0 Å². The van der Waals surface area contributed by atoms with Gasteiger partial charge in [0.25, 0.3) is 0 Å². The quantitative estimate of drug-likeness (QED) is 0.445. The van der Waals surface area contributed by atoms with E-state index in [1.165, 1.54) is 25.7 Å². The Morgan fingerprint density at radius 1 is 0.966 bits per heavy atom. The molecule has 0 radical (unpaired) electrons. The van der Waals surface area contributed by atoms with Crippen LogP contribution in [0.5, 0.6) is 0 Å². The molecule has 29 heavy (non-hydrogen) atoms. The number of benzene rings is 2. The molecule has 3 nitrogen and oxygen atoms in total. The van der Waals surface area contributed by atoms with Gasteiger partial charge in [0.05, 0.1) is 12.7 Å². The average molecular weight is 416 g/mol. The third-order valence-corrected chi connectivity index (χ3v) is 5.79. The topological polar surface area (TPSA) is 21.7 Å². The first-order valence-electron chi connectivity index (χ1n) is 11.0. The van der Waals surface area contributed by atoms with Gasteiger partial charge in [0.1, 0.15) is 0 Å². The normalized spacial score (nSPS) is 21.7. The van der Waals surface area contributed by atoms with Crippen LogP contribution in [0.1, 0.15) is 50.7 Å². The van der Waals surface area contributed by atoms with Gasteiger partial charge in [-0.05, 0) is 43.6 Å². The van der Waals surface area contributed by atoms with Crippen LogP contribution in [0.4, 0.5) is 0 Å². The van der Waals surface area contributed by atoms with Crippen molar-refractivity contribution in [2.75, 3.05) is 26.2 Å². The zero-order valence-corrected chi connectivity index (χ0v) is 18.5. The summed E-state index contributed by atoms with van der Waals surface area (Å²) in [5, 5.41) is 0.746. The van der Waals surface area contributed by atoms with Crippen LogP contribution in [0.25, 0.3) is 0 Å². The van der Waals surface area contributed by atoms with Gasteiger partial charge in [0, 0.05) is 23.6 Å². The highest BCUT2D eigenvalue weighted by Crippen LogP contribution is 2.38. The average Bonchev–Trinajstić information content (AvgIpc) is 3.16. The van der Waals surface area contributed by atoms with Crippen molar-refractivity contribution in [1.29, 1.82) is 0 Å². The molecule has 2 aromatic carbocycles. The summed E-state index contributed by atoms with van der Waals surface area (Å²) >= 11 is 6.08. The summed E-state index contributed by atoms with van der Waals surface area (Å²) in [4.78, 5) is 2.55. The molecule has 158 valence electrons. The number of nitrogens with zero attached hydrogens (tertiary/aromatic N) is 1. The number of halogens is 1. The lowest BCUT2D eigenvalue weighted by molar-refractivity contribution is -0.177. The largest absolute Gasteiger partial charge is 0.343 e. The first-order chi connectivity index (χ1) is 14.1. The molecule has 4 heteroatoms. The molecule has 0 spiro atoms. The number of unbranched alkanes of at least 4 members (excludes halogenated alkanes) is 2. The summed E-state index contributed by atoms with van der Waals surface area (Å²) < 4.78 is 13.1. The molecular formula is C25H34ClNO2. The van der Waals surface area contributed by atoms with Crippen molar-refractivity contribution in [2.45, 2.75) is 57.8 Å². The molecule has 2 atom stereocenters. The monoisotopic (exact) mass is 415 g/mol. The van der Waals surface area contributed by atoms with E-state index < -0.39 is 5.79 Å². The van der Waals surface area contributed by atoms with Gasteiger partial charge >= 0.3 is 0 Å². The molecule has 1 fully saturated rings. The van der Waals surface area contributed by atoms with Crippen molar-refractivity contribution < 1.29 is 9.47 Å². The fourth-order valence-corrected chi connectivity index (χ4v) is 4.04. The lowest BCUT2D eigenvalue weighted by Crippen LogP contribution is -2.37. The molecule has 1 aliphatic heterocycles. The van der Waals surface area contributed by atoms with Crippen molar-refractivity contribution in [2.24, 2.45) is 0 Å². The Morgan fingerprint density at radius 2 is 1.62 bits per heavy atom. The molecule has 0 aromatic heterocycles. The van der Waals surface area contributed by atoms with Gasteiger partial charge in [-0.1, -0.05) is 80.8 Å². The van der Waals surface area contributed by atoms with E-state index in [1.807, 2.05) is 30.3 Å². The fraction of sp³-hybridized carbons (Fsp3) is 0.520. The minimum Gasteiger partial charge on any atom is -0.343 e. The molecule has 0 amide bonds. The van der Waals surface area contributed by atoms with Crippen LogP contribution >= 0.6 is 11.6 Å². The fourth-order valence-electron chi connectivity index (χ4n) is 3.91. The van der Waals surface area contributed by atoms with Gasteiger partial charge in [-0.2, -0.15) is 0 Å². The summed E-state index contributed by atoms with van der Waals surface area (Å²) in [6.07, 6.45) is 5.65. The highest BCUT2D eigenvalue weighted by molar-refractivity contribution is 6.30. The van der Waals surface area contributed by atoms with Crippen molar-refractivity contribution in [1.82, 2.24) is 4.90 Å². The maximum absolute atomic E-state index is 6.66. The molecule has 0 saturated carbocycles. The summed E-state index contributed by atoms with van der Waals surface area (Å²) in [5.41, 5.74) is 2.24. The predicted molar refractivity (Wildman–Crippen MR) is 120 cm³/mol. The third kappa shape index (κ3) is 6.29. The van der Waals surface area contributed by atoms with E-state index in [0.717, 1.165) is 35.8 Å². The van der Waals surface area contributed by atoms with Crippen molar-refractivity contribution in [3.8, 4) is 0 Å². The van der Waals surface area contributed by atoms with E-state index in [2.05, 4.69) is 43.0 Å². The highest BCUT2D eigenvalue weighted by Gasteiger charge is 2.43. The second kappa shape index (κ2) is 11.1. The number of hydrogen-bond acceptors (Lipinski definition) is 3. The van der Waals surface area contributed by atoms with E-state index >= 15 is 0 Å². The molecule has 0 bridgehead atoms. The van der Waals surface area contributed by atoms with E-state index in [9.17, 15) is 0 Å². The Balaban J connectivity index is 1.74. The van der Waals surface area contributed by atoms with E-state index in [0.29, 0.717) is 13.0 Å². The number of ether oxygens (including phenoxy) is 2. The van der Waals surface area contributed by atoms with Crippen molar-refractivity contribution in [3.63, 3.8) is 0 Å². The highest BCUT2D eigenvalue weighted by atomic mass is 35.5. The molecule has 1 aliphatic rings. The van der Waals surface area contributed by atoms with Crippen molar-refractivity contribution >= 4 is 11.6 Å². The first-order valence-corrected chi connectivity index (χ1v) is 11.4. The van der Waals surface area contributed by atoms with Gasteiger partial charge in [-0.15, -0.1) is 0 Å². The molecule has 0 aliphatic carbocycles. The Morgan fingerprint density at radius 3 is 2.24 bits per heavy atom. The summed E-state index contributed by atoms with van der Waals surface area (Å²) in [5.74, 6) is -0.735. The Kier molecular flexibility index (Phi) is 8.55. The smallest absolute Gasteiger partial charge is 0.199 e. The summed E-state index contributed by atoms with van der Waals surface area (Å²) in [6, 6.07) is 18.3. The van der Waals surface area contributed by atoms with Crippen LogP contribution in [0.15, 0.2) is 54.6 Å². The van der Waals surface area contributed by atoms with E-state index in [4.69, 9.17) is 21.1 Å². The molecule has 2 unspecified atom stereocenters. The Hall–Kier alpha value is -1.39. The molecule has 2 aromatic rings. The van der Waals surface area contributed by atoms with Crippen LogP contribution in [-0.2, 0) is 21.7 Å². The molecule has 1 heterocycles. The lowest BCUT2D eigenvalue weighted by Gasteiger charge is -2.30. The Labute approximate surface area is 181 Å². The molecule has 3 rings (SSSR count). The summed E-state index contributed by atoms with van der Waals surface area (Å²) in [6.45, 7) is 8.31. The van der Waals surface area contributed by atoms with E-state index in [-0.39, 0.29) is 6.10 Å². The predicted octanol–water partition coefficient (Wildman–Crippen LogP) is 6.05. The molecule has 0 N–H and O–H groups in total. The van der Waals surface area contributed by atoms with Gasteiger partial charge in [0.15, 0.2) is 5.79 Å². The minimum atomic E-state index is -0.735. The SMILES string of the molecule is CCCCN(CCCC)CC1COC(Cc2ccc(Cl)cc2)(c2ccccc2)O1. The minimum absolute atomic E-state index is 0.0798. The van der Waals surface area contributed by atoms with Crippen LogP contribution in [0.3, 0.4) is 0 Å². The molecular weight excluding hydrogens is 382 g/mol. The standard InChI is InChI=1S/C25H34ClNO2/c1-3-5-16-27(17-6-4-2)19-24-20-28-25(29-24,22-10-8-7-9-11-22)18-21-12-14-23(26)15-13-21/h7-15,24H,3-6,16-20H2,1-2H3. The zero-order chi connectivity index (χ0) is 20.5. The third-order valence-electron chi connectivity index (χ3n) is 5.54. The zero-order valence-electron chi connectivity index (χ0n) is 17.8. The van der Waals surface area contributed by atoms with Crippen molar-refractivity contribution in [3.05, 3.63) is 70.7 Å². The Bertz CT molecular complexity index is 713. The van der Waals surface area contributed by atoms with Gasteiger partial charge in [-0.25, -0.2) is 0 Å². The van der Waals surface area contributed by atoms with Gasteiger partial charge in [0.2, 0.25) is 0 Å². The summed E-state index contributed by atoms with van der Waals surface area (Å²) in [7, 11) is 0. The first kappa shape index (κ1) is 22.3. The molecule has 1 saturated heterocycles. The van der Waals surface area contributed by atoms with E-state index in [1.54, 1.807) is 0 Å². The van der Waals surface area contributed by atoms with Gasteiger partial charge in [-0.3, -0.25) is 0 Å². The van der Waals surface area contributed by atoms with Crippen LogP contribution in [0.2, 0.25) is 5.02 Å². The van der Waals surface area contributed by atoms with Crippen LogP contribution in [-0.4, -0.2) is 37.2 Å². The second-order valence-electron chi connectivity index (χ2n) is 7.98. The second-order valence-corrected chi connectivity index (χ2v) is 8.42. The lowest BCUT2D eigenvalue weighted by atomic mass is 9.97. The maximum atomic E-state index is 6.66.